The molecule has 172 valence electrons. The van der Waals surface area contributed by atoms with E-state index in [9.17, 15) is 4.79 Å². The average Bonchev–Trinajstić information content (AvgIpc) is 3.39. The number of aryl methyl sites for hydroxylation is 1. The molecule has 1 aliphatic rings. The van der Waals surface area contributed by atoms with Crippen molar-refractivity contribution in [1.29, 1.82) is 0 Å². The Morgan fingerprint density at radius 3 is 2.53 bits per heavy atom. The molecule has 6 heteroatoms. The number of benzene rings is 3. The Morgan fingerprint density at radius 2 is 1.74 bits per heavy atom. The maximum atomic E-state index is 13.0. The second-order valence-electron chi connectivity index (χ2n) is 7.99. The Morgan fingerprint density at radius 1 is 0.941 bits per heavy atom. The van der Waals surface area contributed by atoms with E-state index in [1.807, 2.05) is 48.7 Å². The second kappa shape index (κ2) is 8.98. The zero-order chi connectivity index (χ0) is 23.7. The van der Waals surface area contributed by atoms with Crippen LogP contribution in [0.1, 0.15) is 28.4 Å². The molecule has 0 fully saturated rings. The summed E-state index contributed by atoms with van der Waals surface area (Å²) in [6.07, 6.45) is 3.83. The summed E-state index contributed by atoms with van der Waals surface area (Å²) in [7, 11) is 3.28. The fourth-order valence-electron chi connectivity index (χ4n) is 4.13. The molecule has 34 heavy (non-hydrogen) atoms. The number of aromatic nitrogens is 1. The number of methoxy groups -OCH3 is 2. The maximum absolute atomic E-state index is 13.0. The molecular formula is C28H25NO5. The van der Waals surface area contributed by atoms with Gasteiger partial charge in [-0.05, 0) is 61.0 Å². The molecule has 3 aromatic carbocycles. The van der Waals surface area contributed by atoms with Gasteiger partial charge in [0.1, 0.15) is 29.6 Å². The van der Waals surface area contributed by atoms with Gasteiger partial charge >= 0.3 is 0 Å². The Hall–Kier alpha value is -4.19. The lowest BCUT2D eigenvalue weighted by Crippen LogP contribution is -1.98. The normalized spacial score (nSPS) is 13.7. The molecule has 0 unspecified atom stereocenters. The number of rotatable bonds is 7. The van der Waals surface area contributed by atoms with Crippen molar-refractivity contribution in [3.05, 3.63) is 89.3 Å². The molecule has 0 amide bonds. The molecule has 0 radical (unpaired) electrons. The third kappa shape index (κ3) is 3.99. The molecule has 0 spiro atoms. The molecule has 0 N–H and O–H groups in total. The number of ketones is 1. The zero-order valence-electron chi connectivity index (χ0n) is 19.3. The Balaban J connectivity index is 1.40. The van der Waals surface area contributed by atoms with Gasteiger partial charge in [0, 0.05) is 35.3 Å². The number of Topliss-reactive ketones (excluding diaryl/α,β-unsaturated/α-hetero) is 1. The van der Waals surface area contributed by atoms with E-state index in [0.29, 0.717) is 23.7 Å². The highest BCUT2D eigenvalue weighted by Crippen LogP contribution is 2.36. The maximum Gasteiger partial charge on any atom is 0.231 e. The third-order valence-electron chi connectivity index (χ3n) is 5.93. The van der Waals surface area contributed by atoms with Gasteiger partial charge in [-0.3, -0.25) is 4.79 Å². The summed E-state index contributed by atoms with van der Waals surface area (Å²) in [5.41, 5.74) is 3.49. The second-order valence-corrected chi connectivity index (χ2v) is 7.99. The van der Waals surface area contributed by atoms with E-state index in [1.54, 1.807) is 38.5 Å². The largest absolute Gasteiger partial charge is 0.497 e. The van der Waals surface area contributed by atoms with Crippen molar-refractivity contribution < 1.29 is 23.7 Å². The Labute approximate surface area is 197 Å². The Bertz CT molecular complexity index is 1420. The van der Waals surface area contributed by atoms with Crippen molar-refractivity contribution in [2.24, 2.45) is 0 Å². The molecule has 1 aromatic heterocycles. The summed E-state index contributed by atoms with van der Waals surface area (Å²) in [6.45, 7) is 3.28. The van der Waals surface area contributed by atoms with Crippen LogP contribution in [0.25, 0.3) is 17.0 Å². The Kier molecular flexibility index (Phi) is 5.72. The van der Waals surface area contributed by atoms with Crippen LogP contribution in [0.5, 0.6) is 23.0 Å². The first-order chi connectivity index (χ1) is 16.6. The summed E-state index contributed by atoms with van der Waals surface area (Å²) < 4.78 is 24.7. The van der Waals surface area contributed by atoms with Gasteiger partial charge in [0.05, 0.1) is 19.8 Å². The molecule has 5 rings (SSSR count). The van der Waals surface area contributed by atoms with E-state index >= 15 is 0 Å². The van der Waals surface area contributed by atoms with Crippen LogP contribution in [0.15, 0.2) is 72.6 Å². The lowest BCUT2D eigenvalue weighted by Gasteiger charge is -2.08. The fourth-order valence-corrected chi connectivity index (χ4v) is 4.13. The molecule has 1 aliphatic heterocycles. The first-order valence-electron chi connectivity index (χ1n) is 11.1. The number of nitrogens with zero attached hydrogens (tertiary/aromatic N) is 1. The molecule has 0 saturated carbocycles. The number of fused-ring (bicyclic) bond motifs is 2. The minimum Gasteiger partial charge on any atom is -0.497 e. The highest BCUT2D eigenvalue weighted by atomic mass is 16.5. The van der Waals surface area contributed by atoms with Gasteiger partial charge in [-0.25, -0.2) is 0 Å². The van der Waals surface area contributed by atoms with Crippen LogP contribution in [0.3, 0.4) is 0 Å². The molecule has 4 aromatic rings. The number of carbonyl (C=O) groups excluding carboxylic acids is 1. The van der Waals surface area contributed by atoms with Crippen LogP contribution in [-0.2, 0) is 13.2 Å². The highest BCUT2D eigenvalue weighted by molar-refractivity contribution is 6.15. The van der Waals surface area contributed by atoms with Crippen molar-refractivity contribution in [3.8, 4) is 23.0 Å². The van der Waals surface area contributed by atoms with E-state index in [1.165, 1.54) is 0 Å². The van der Waals surface area contributed by atoms with Crippen LogP contribution >= 0.6 is 0 Å². The highest BCUT2D eigenvalue weighted by Gasteiger charge is 2.28. The van der Waals surface area contributed by atoms with Crippen LogP contribution in [-0.4, -0.2) is 24.6 Å². The standard InChI is InChI=1S/C28H25NO5/c1-4-29-16-19(24-14-21(32-3)9-11-25(24)29)13-27-28(30)23-10-8-22(15-26(23)34-27)33-17-18-6-5-7-20(12-18)31-2/h5-16H,4,17H2,1-3H3. The van der Waals surface area contributed by atoms with Crippen molar-refractivity contribution in [2.75, 3.05) is 14.2 Å². The van der Waals surface area contributed by atoms with Crippen molar-refractivity contribution in [1.82, 2.24) is 4.57 Å². The minimum atomic E-state index is -0.144. The number of hydrogen-bond donors (Lipinski definition) is 0. The molecule has 0 aliphatic carbocycles. The van der Waals surface area contributed by atoms with Gasteiger partial charge in [0.2, 0.25) is 5.78 Å². The molecule has 0 atom stereocenters. The van der Waals surface area contributed by atoms with Crippen LogP contribution in [0.4, 0.5) is 0 Å². The zero-order valence-corrected chi connectivity index (χ0v) is 19.3. The quantitative estimate of drug-likeness (QED) is 0.326. The topological polar surface area (TPSA) is 58.9 Å². The van der Waals surface area contributed by atoms with Gasteiger partial charge in [-0.15, -0.1) is 0 Å². The number of ether oxygens (including phenoxy) is 4. The number of allylic oxidation sites excluding steroid dienone is 1. The molecule has 2 heterocycles. The van der Waals surface area contributed by atoms with Crippen LogP contribution < -0.4 is 18.9 Å². The fraction of sp³-hybridized carbons (Fsp3) is 0.179. The van der Waals surface area contributed by atoms with Crippen LogP contribution in [0.2, 0.25) is 0 Å². The number of carbonyl (C=O) groups is 1. The number of hydrogen-bond acceptors (Lipinski definition) is 5. The summed E-state index contributed by atoms with van der Waals surface area (Å²) in [5, 5.41) is 1.00. The predicted molar refractivity (Wildman–Crippen MR) is 131 cm³/mol. The predicted octanol–water partition coefficient (Wildman–Crippen LogP) is 5.87. The molecule has 6 nitrogen and oxygen atoms in total. The minimum absolute atomic E-state index is 0.144. The van der Waals surface area contributed by atoms with E-state index in [2.05, 4.69) is 11.5 Å². The van der Waals surface area contributed by atoms with Crippen LogP contribution in [0, 0.1) is 0 Å². The van der Waals surface area contributed by atoms with Gasteiger partial charge < -0.3 is 23.5 Å². The third-order valence-corrected chi connectivity index (χ3v) is 5.93. The lowest BCUT2D eigenvalue weighted by atomic mass is 10.1. The molecule has 0 bridgehead atoms. The van der Waals surface area contributed by atoms with Crippen molar-refractivity contribution >= 4 is 22.8 Å². The van der Waals surface area contributed by atoms with E-state index in [-0.39, 0.29) is 11.5 Å². The summed E-state index contributed by atoms with van der Waals surface area (Å²) >= 11 is 0. The first kappa shape index (κ1) is 21.6. The lowest BCUT2D eigenvalue weighted by molar-refractivity contribution is 0.101. The molecule has 0 saturated heterocycles. The van der Waals surface area contributed by atoms with E-state index in [0.717, 1.165) is 40.1 Å². The van der Waals surface area contributed by atoms with Gasteiger partial charge in [0.25, 0.3) is 0 Å². The smallest absolute Gasteiger partial charge is 0.231 e. The first-order valence-corrected chi connectivity index (χ1v) is 11.1. The van der Waals surface area contributed by atoms with Crippen molar-refractivity contribution in [3.63, 3.8) is 0 Å². The van der Waals surface area contributed by atoms with Gasteiger partial charge in [-0.2, -0.15) is 0 Å². The van der Waals surface area contributed by atoms with Crippen molar-refractivity contribution in [2.45, 2.75) is 20.1 Å². The SMILES string of the molecule is CCn1cc(C=C2Oc3cc(OCc4cccc(OC)c4)ccc3C2=O)c2cc(OC)ccc21. The van der Waals surface area contributed by atoms with E-state index in [4.69, 9.17) is 18.9 Å². The van der Waals surface area contributed by atoms with Gasteiger partial charge in [0.15, 0.2) is 5.76 Å². The monoisotopic (exact) mass is 455 g/mol. The molecular weight excluding hydrogens is 430 g/mol. The van der Waals surface area contributed by atoms with E-state index < -0.39 is 0 Å². The summed E-state index contributed by atoms with van der Waals surface area (Å²) in [5.74, 6) is 2.81. The average molecular weight is 456 g/mol. The summed E-state index contributed by atoms with van der Waals surface area (Å²) in [6, 6.07) is 18.9. The summed E-state index contributed by atoms with van der Waals surface area (Å²) in [4.78, 5) is 13.0. The van der Waals surface area contributed by atoms with Gasteiger partial charge in [-0.1, -0.05) is 12.1 Å².